The molecule has 0 aromatic carbocycles. The van der Waals surface area contributed by atoms with Gasteiger partial charge in [0.15, 0.2) is 5.96 Å². The van der Waals surface area contributed by atoms with Crippen molar-refractivity contribution in [2.75, 3.05) is 26.2 Å². The molecule has 0 spiro atoms. The predicted octanol–water partition coefficient (Wildman–Crippen LogP) is -7.86. The van der Waals surface area contributed by atoms with E-state index in [1.54, 1.807) is 0 Å². The zero-order valence-corrected chi connectivity index (χ0v) is 28.3. The molecule has 2 rings (SSSR count). The fourth-order valence-corrected chi connectivity index (χ4v) is 4.28. The number of carbonyl (C=O) groups excluding carboxylic acids is 7. The number of rotatable bonds is 9. The standard InChI is InChI=1S/C25H44N14O7.H2O4S/c1-11-19(41)36-15(9-32-17(40)7-12(27)3-2-5-26)21(43)37-16(10-34-25(30)46)22(44)39-18(14-4-6-31-24(29)38-14)23(45)33-8-13(28)20(42)35-11;1-5(2,3)4/h10-15,18H,2-9,26-28H2,1H3,(H,32,40)(H,33,45)(H,35,42)(H,36,41)(H,37,43)(H,39,44)(H3,29,31,38)(H3,30,34,46);(H2,1,2,3,4)/b16-10-;. The van der Waals surface area contributed by atoms with Crippen molar-refractivity contribution >= 4 is 57.8 Å². The summed E-state index contributed by atoms with van der Waals surface area (Å²) in [6, 6.07) is -7.79. The Kier molecular flexibility index (Phi) is 18.2. The lowest BCUT2D eigenvalue weighted by Gasteiger charge is -2.31. The average molecular weight is 751 g/mol. The van der Waals surface area contributed by atoms with Gasteiger partial charge in [-0.3, -0.25) is 42.9 Å². The Morgan fingerprint density at radius 1 is 1.04 bits per heavy atom. The van der Waals surface area contributed by atoms with Crippen molar-refractivity contribution in [3.05, 3.63) is 11.9 Å². The van der Waals surface area contributed by atoms with Gasteiger partial charge in [-0.1, -0.05) is 0 Å². The quantitative estimate of drug-likeness (QED) is 0.0768. The molecule has 2 aliphatic rings. The summed E-state index contributed by atoms with van der Waals surface area (Å²) in [4.78, 5) is 93.7. The topological polar surface area (TPSA) is 433 Å². The van der Waals surface area contributed by atoms with Crippen LogP contribution >= 0.6 is 0 Å². The molecular weight excluding hydrogens is 704 g/mol. The van der Waals surface area contributed by atoms with Crippen molar-refractivity contribution in [1.82, 2.24) is 42.5 Å². The fraction of sp³-hybridized carbons (Fsp3) is 0.600. The summed E-state index contributed by atoms with van der Waals surface area (Å²) in [5.74, 6) is -5.04. The molecule has 2 aliphatic heterocycles. The lowest BCUT2D eigenvalue weighted by atomic mass is 10.0. The van der Waals surface area contributed by atoms with Gasteiger partial charge < -0.3 is 71.2 Å². The summed E-state index contributed by atoms with van der Waals surface area (Å²) in [6.07, 6.45) is 2.01. The largest absolute Gasteiger partial charge is 0.394 e. The van der Waals surface area contributed by atoms with Crippen LogP contribution in [0, 0.1) is 0 Å². The van der Waals surface area contributed by atoms with Gasteiger partial charge in [0.1, 0.15) is 29.9 Å². The Balaban J connectivity index is 0.00000242. The van der Waals surface area contributed by atoms with E-state index in [9.17, 15) is 33.6 Å². The molecule has 0 radical (unpaired) electrons. The molecule has 25 nitrogen and oxygen atoms in total. The second-order valence-corrected chi connectivity index (χ2v) is 12.0. The molecule has 2 heterocycles. The van der Waals surface area contributed by atoms with Crippen LogP contribution in [0.25, 0.3) is 0 Å². The zero-order valence-electron chi connectivity index (χ0n) is 27.5. The van der Waals surface area contributed by atoms with E-state index in [2.05, 4.69) is 47.5 Å². The number of nitrogens with one attached hydrogen (secondary N) is 8. The first-order valence-corrected chi connectivity index (χ1v) is 16.6. The van der Waals surface area contributed by atoms with Crippen LogP contribution in [0.2, 0.25) is 0 Å². The van der Waals surface area contributed by atoms with Gasteiger partial charge >= 0.3 is 16.4 Å². The minimum atomic E-state index is -4.67. The van der Waals surface area contributed by atoms with Gasteiger partial charge in [0.25, 0.3) is 5.91 Å². The van der Waals surface area contributed by atoms with Crippen molar-refractivity contribution in [3.8, 4) is 0 Å². The number of carbonyl (C=O) groups is 7. The summed E-state index contributed by atoms with van der Waals surface area (Å²) < 4.78 is 31.6. The molecule has 8 amide bonds. The van der Waals surface area contributed by atoms with Crippen LogP contribution in [0.5, 0.6) is 0 Å². The van der Waals surface area contributed by atoms with Crippen molar-refractivity contribution in [1.29, 1.82) is 0 Å². The van der Waals surface area contributed by atoms with Gasteiger partial charge in [0.05, 0.1) is 6.04 Å². The van der Waals surface area contributed by atoms with Crippen LogP contribution in [0.1, 0.15) is 32.6 Å². The Labute approximate surface area is 292 Å². The van der Waals surface area contributed by atoms with Gasteiger partial charge in [0.2, 0.25) is 29.5 Å². The maximum Gasteiger partial charge on any atom is 0.394 e. The first-order chi connectivity index (χ1) is 23.7. The van der Waals surface area contributed by atoms with Crippen LogP contribution in [-0.4, -0.2) is 127 Å². The summed E-state index contributed by atoms with van der Waals surface area (Å²) in [5.41, 5.74) is 27.7. The van der Waals surface area contributed by atoms with Gasteiger partial charge in [-0.15, -0.1) is 0 Å². The van der Waals surface area contributed by atoms with Crippen molar-refractivity contribution in [3.63, 3.8) is 0 Å². The molecule has 1 fully saturated rings. The van der Waals surface area contributed by atoms with Gasteiger partial charge in [-0.05, 0) is 32.7 Å². The van der Waals surface area contributed by atoms with Crippen LogP contribution < -0.4 is 71.2 Å². The van der Waals surface area contributed by atoms with E-state index < -0.39 is 100 Å². The first kappa shape index (κ1) is 43.9. The average Bonchev–Trinajstić information content (AvgIpc) is 3.03. The van der Waals surface area contributed by atoms with E-state index in [1.807, 2.05) is 0 Å². The Hall–Kier alpha value is -5.15. The van der Waals surface area contributed by atoms with E-state index in [-0.39, 0.29) is 31.9 Å². The molecule has 0 aliphatic carbocycles. The number of nitrogens with zero attached hydrogens (tertiary/aromatic N) is 1. The second kappa shape index (κ2) is 21.2. The number of hydrogen-bond acceptors (Lipinski definition) is 15. The normalized spacial score (nSPS) is 25.1. The molecule has 6 unspecified atom stereocenters. The molecule has 20 N–H and O–H groups in total. The van der Waals surface area contributed by atoms with E-state index in [1.165, 1.54) is 6.92 Å². The molecule has 51 heavy (non-hydrogen) atoms. The molecule has 0 aromatic rings. The highest BCUT2D eigenvalue weighted by molar-refractivity contribution is 7.79. The number of amides is 8. The number of nitrogens with two attached hydrogens (primary N) is 5. The van der Waals surface area contributed by atoms with Crippen molar-refractivity contribution in [2.45, 2.75) is 68.9 Å². The number of hydrogen-bond donors (Lipinski definition) is 15. The number of urea groups is 1. The lowest BCUT2D eigenvalue weighted by molar-refractivity contribution is -0.133. The highest BCUT2D eigenvalue weighted by atomic mass is 32.3. The van der Waals surface area contributed by atoms with Crippen LogP contribution in [-0.2, 0) is 39.2 Å². The highest BCUT2D eigenvalue weighted by Crippen LogP contribution is 2.07. The van der Waals surface area contributed by atoms with Crippen molar-refractivity contribution in [2.24, 2.45) is 33.7 Å². The van der Waals surface area contributed by atoms with Crippen LogP contribution in [0.3, 0.4) is 0 Å². The third-order valence-corrected chi connectivity index (χ3v) is 6.84. The minimum Gasteiger partial charge on any atom is -0.370 e. The Morgan fingerprint density at radius 3 is 2.27 bits per heavy atom. The van der Waals surface area contributed by atoms with E-state index in [4.69, 9.17) is 46.2 Å². The number of aliphatic imine (C=N–C) groups is 1. The van der Waals surface area contributed by atoms with Crippen LogP contribution in [0.15, 0.2) is 16.9 Å². The van der Waals surface area contributed by atoms with Gasteiger partial charge in [-0.25, -0.2) is 4.79 Å². The summed E-state index contributed by atoms with van der Waals surface area (Å²) in [5, 5.41) is 19.4. The number of primary amides is 1. The van der Waals surface area contributed by atoms with E-state index >= 15 is 0 Å². The highest BCUT2D eigenvalue weighted by Gasteiger charge is 2.34. The molecule has 6 atom stereocenters. The molecule has 0 saturated carbocycles. The summed E-state index contributed by atoms with van der Waals surface area (Å²) in [7, 11) is -4.67. The number of guanidine groups is 1. The SMILES string of the molecule is CC1NC(=O)C(N)CNC(=O)C(C2CCN=C(N)N2)NC(=O)/C(=C/NC(N)=O)NC(=O)C(CNC(=O)CC(N)CCCN)NC1=O.O=S(=O)(O)O. The first-order valence-electron chi connectivity index (χ1n) is 15.2. The van der Waals surface area contributed by atoms with Gasteiger partial charge in [0, 0.05) is 38.3 Å². The molecule has 288 valence electrons. The fourth-order valence-electron chi connectivity index (χ4n) is 4.28. The molecular formula is C25H46N14O11S. The van der Waals surface area contributed by atoms with Crippen molar-refractivity contribution < 1.29 is 51.1 Å². The van der Waals surface area contributed by atoms with Gasteiger partial charge in [-0.2, -0.15) is 8.42 Å². The zero-order chi connectivity index (χ0) is 38.9. The van der Waals surface area contributed by atoms with E-state index in [0.29, 0.717) is 19.4 Å². The van der Waals surface area contributed by atoms with Crippen LogP contribution in [0.4, 0.5) is 4.79 Å². The second-order valence-electron chi connectivity index (χ2n) is 11.1. The monoisotopic (exact) mass is 750 g/mol. The third kappa shape index (κ3) is 17.9. The third-order valence-electron chi connectivity index (χ3n) is 6.84. The predicted molar refractivity (Wildman–Crippen MR) is 177 cm³/mol. The molecule has 1 saturated heterocycles. The van der Waals surface area contributed by atoms with E-state index in [0.717, 1.165) is 6.20 Å². The molecule has 0 bridgehead atoms. The minimum absolute atomic E-state index is 0.0101. The Bertz CT molecular complexity index is 1450. The maximum absolute atomic E-state index is 13.4. The molecule has 26 heteroatoms. The summed E-state index contributed by atoms with van der Waals surface area (Å²) in [6.45, 7) is 1.08. The smallest absolute Gasteiger partial charge is 0.370 e. The summed E-state index contributed by atoms with van der Waals surface area (Å²) >= 11 is 0. The molecule has 0 aromatic heterocycles. The lowest BCUT2D eigenvalue weighted by Crippen LogP contribution is -2.63. The Morgan fingerprint density at radius 2 is 1.69 bits per heavy atom. The maximum atomic E-state index is 13.4.